The number of hydrogen-bond acceptors (Lipinski definition) is 4. The minimum atomic E-state index is -0.0108. The number of pyridine rings is 1. The summed E-state index contributed by atoms with van der Waals surface area (Å²) in [5, 5.41) is 9.31. The van der Waals surface area contributed by atoms with Crippen molar-refractivity contribution in [3.63, 3.8) is 0 Å². The second-order valence-corrected chi connectivity index (χ2v) is 5.75. The van der Waals surface area contributed by atoms with Crippen molar-refractivity contribution in [2.75, 3.05) is 19.7 Å². The lowest BCUT2D eigenvalue weighted by atomic mass is 9.98. The molecule has 0 spiro atoms. The molecule has 1 aromatic heterocycles. The monoisotopic (exact) mass is 312 g/mol. The Morgan fingerprint density at radius 1 is 1.26 bits per heavy atom. The number of carbonyl (C=O) groups is 1. The van der Waals surface area contributed by atoms with E-state index < -0.39 is 0 Å². The highest BCUT2D eigenvalue weighted by Crippen LogP contribution is 2.23. The number of aromatic nitrogens is 1. The van der Waals surface area contributed by atoms with E-state index >= 15 is 0 Å². The van der Waals surface area contributed by atoms with E-state index in [-0.39, 0.29) is 18.4 Å². The van der Waals surface area contributed by atoms with E-state index in [0.29, 0.717) is 23.6 Å². The van der Waals surface area contributed by atoms with Crippen LogP contribution in [-0.2, 0) is 0 Å². The van der Waals surface area contributed by atoms with E-state index in [1.165, 1.54) is 0 Å². The number of nitrogens with zero attached hydrogens (tertiary/aromatic N) is 2. The first-order valence-electron chi connectivity index (χ1n) is 7.84. The zero-order valence-electron chi connectivity index (χ0n) is 12.9. The number of rotatable bonds is 4. The lowest BCUT2D eigenvalue weighted by molar-refractivity contribution is 0.0620. The van der Waals surface area contributed by atoms with Crippen LogP contribution in [0, 0.1) is 5.92 Å². The van der Waals surface area contributed by atoms with Crippen LogP contribution < -0.4 is 4.74 Å². The van der Waals surface area contributed by atoms with Crippen LogP contribution in [0.3, 0.4) is 0 Å². The van der Waals surface area contributed by atoms with E-state index in [9.17, 15) is 9.90 Å². The van der Waals surface area contributed by atoms with Gasteiger partial charge in [0, 0.05) is 37.7 Å². The Morgan fingerprint density at radius 3 is 2.87 bits per heavy atom. The quantitative estimate of drug-likeness (QED) is 0.943. The van der Waals surface area contributed by atoms with Crippen molar-refractivity contribution >= 4 is 5.91 Å². The number of hydrogen-bond donors (Lipinski definition) is 1. The molecule has 0 radical (unpaired) electrons. The third-order valence-corrected chi connectivity index (χ3v) is 4.03. The number of amides is 1. The molecule has 23 heavy (non-hydrogen) atoms. The number of likely N-dealkylation sites (tertiary alicyclic amines) is 1. The molecule has 1 aromatic carbocycles. The molecule has 2 heterocycles. The van der Waals surface area contributed by atoms with Gasteiger partial charge in [0.25, 0.3) is 5.91 Å². The van der Waals surface area contributed by atoms with Crippen molar-refractivity contribution in [2.24, 2.45) is 5.92 Å². The maximum Gasteiger partial charge on any atom is 0.253 e. The predicted octanol–water partition coefficient (Wildman–Crippen LogP) is 2.72. The highest BCUT2D eigenvalue weighted by Gasteiger charge is 2.24. The lowest BCUT2D eigenvalue weighted by Gasteiger charge is -2.32. The molecule has 1 unspecified atom stereocenters. The molecule has 3 rings (SSSR count). The number of piperidine rings is 1. The summed E-state index contributed by atoms with van der Waals surface area (Å²) in [5.41, 5.74) is 0.607. The van der Waals surface area contributed by atoms with Crippen LogP contribution in [0.1, 0.15) is 23.2 Å². The van der Waals surface area contributed by atoms with E-state index in [4.69, 9.17) is 4.74 Å². The van der Waals surface area contributed by atoms with Gasteiger partial charge in [0.2, 0.25) is 0 Å². The minimum absolute atomic E-state index is 0.0108. The Balaban J connectivity index is 1.72. The highest BCUT2D eigenvalue weighted by molar-refractivity contribution is 5.94. The molecule has 2 aromatic rings. The summed E-state index contributed by atoms with van der Waals surface area (Å²) in [6, 6.07) is 10.7. The largest absolute Gasteiger partial charge is 0.457 e. The van der Waals surface area contributed by atoms with Crippen molar-refractivity contribution in [1.82, 2.24) is 9.88 Å². The van der Waals surface area contributed by atoms with Gasteiger partial charge in [0.05, 0.1) is 0 Å². The predicted molar refractivity (Wildman–Crippen MR) is 86.5 cm³/mol. The summed E-state index contributed by atoms with van der Waals surface area (Å²) in [5.74, 6) is 1.48. The van der Waals surface area contributed by atoms with Gasteiger partial charge in [-0.05, 0) is 49.1 Å². The molecule has 1 fully saturated rings. The number of aliphatic hydroxyl groups excluding tert-OH is 1. The molecule has 1 aliphatic heterocycles. The van der Waals surface area contributed by atoms with E-state index in [2.05, 4.69) is 4.98 Å². The van der Waals surface area contributed by atoms with Crippen LogP contribution in [0.2, 0.25) is 0 Å². The molecule has 5 nitrogen and oxygen atoms in total. The summed E-state index contributed by atoms with van der Waals surface area (Å²) in [6.45, 7) is 1.49. The topological polar surface area (TPSA) is 62.7 Å². The number of benzene rings is 1. The Hall–Kier alpha value is -2.40. The summed E-state index contributed by atoms with van der Waals surface area (Å²) in [7, 11) is 0. The Bertz CT molecular complexity index is 660. The van der Waals surface area contributed by atoms with Gasteiger partial charge in [-0.1, -0.05) is 6.07 Å². The first-order valence-corrected chi connectivity index (χ1v) is 7.84. The van der Waals surface area contributed by atoms with Crippen molar-refractivity contribution in [1.29, 1.82) is 0 Å². The first-order chi connectivity index (χ1) is 11.3. The molecule has 0 bridgehead atoms. The fraction of sp³-hybridized carbons (Fsp3) is 0.333. The average Bonchev–Trinajstić information content (AvgIpc) is 2.62. The fourth-order valence-corrected chi connectivity index (χ4v) is 2.82. The number of aliphatic hydroxyl groups is 1. The average molecular weight is 312 g/mol. The summed E-state index contributed by atoms with van der Waals surface area (Å²) >= 11 is 0. The molecule has 5 heteroatoms. The van der Waals surface area contributed by atoms with Crippen molar-refractivity contribution in [3.05, 3.63) is 54.4 Å². The van der Waals surface area contributed by atoms with Crippen molar-refractivity contribution in [3.8, 4) is 11.5 Å². The van der Waals surface area contributed by atoms with E-state index in [0.717, 1.165) is 19.4 Å². The molecule has 120 valence electrons. The van der Waals surface area contributed by atoms with Crippen LogP contribution >= 0.6 is 0 Å². The molecule has 1 saturated heterocycles. The summed E-state index contributed by atoms with van der Waals surface area (Å²) in [6.07, 6.45) is 5.23. The van der Waals surface area contributed by atoms with E-state index in [1.807, 2.05) is 17.0 Å². The molecular weight excluding hydrogens is 292 g/mol. The molecule has 1 amide bonds. The van der Waals surface area contributed by atoms with Crippen molar-refractivity contribution in [2.45, 2.75) is 12.8 Å². The zero-order chi connectivity index (χ0) is 16.1. The van der Waals surface area contributed by atoms with Gasteiger partial charge in [-0.2, -0.15) is 0 Å². The SMILES string of the molecule is O=C(c1cccc(Oc2ccncc2)c1)N1CCCC(CO)C1. The Labute approximate surface area is 135 Å². The highest BCUT2D eigenvalue weighted by atomic mass is 16.5. The standard InChI is InChI=1S/C18H20N2O3/c21-13-14-3-2-10-20(12-14)18(22)15-4-1-5-17(11-15)23-16-6-8-19-9-7-16/h1,4-9,11,14,21H,2-3,10,12-13H2. The van der Waals surface area contributed by atoms with Crippen LogP contribution in [0.5, 0.6) is 11.5 Å². The van der Waals surface area contributed by atoms with Crippen LogP contribution in [0.25, 0.3) is 0 Å². The van der Waals surface area contributed by atoms with E-state index in [1.54, 1.807) is 36.7 Å². The smallest absolute Gasteiger partial charge is 0.253 e. The second kappa shape index (κ2) is 7.24. The third-order valence-electron chi connectivity index (χ3n) is 4.03. The maximum absolute atomic E-state index is 12.6. The van der Waals surface area contributed by atoms with Gasteiger partial charge in [0.1, 0.15) is 11.5 Å². The van der Waals surface area contributed by atoms with Gasteiger partial charge in [0.15, 0.2) is 0 Å². The summed E-state index contributed by atoms with van der Waals surface area (Å²) < 4.78 is 5.75. The number of ether oxygens (including phenoxy) is 1. The normalized spacial score (nSPS) is 17.8. The lowest BCUT2D eigenvalue weighted by Crippen LogP contribution is -2.40. The van der Waals surface area contributed by atoms with Gasteiger partial charge < -0.3 is 14.7 Å². The second-order valence-electron chi connectivity index (χ2n) is 5.75. The fourth-order valence-electron chi connectivity index (χ4n) is 2.82. The third kappa shape index (κ3) is 3.87. The van der Waals surface area contributed by atoms with Crippen LogP contribution in [0.4, 0.5) is 0 Å². The van der Waals surface area contributed by atoms with Gasteiger partial charge in [-0.15, -0.1) is 0 Å². The molecule has 0 aliphatic carbocycles. The molecular formula is C18H20N2O3. The Kier molecular flexibility index (Phi) is 4.88. The Morgan fingerprint density at radius 2 is 2.09 bits per heavy atom. The van der Waals surface area contributed by atoms with Crippen LogP contribution in [0.15, 0.2) is 48.8 Å². The van der Waals surface area contributed by atoms with Gasteiger partial charge in [-0.3, -0.25) is 9.78 Å². The molecule has 1 N–H and O–H groups in total. The van der Waals surface area contributed by atoms with Crippen LogP contribution in [-0.4, -0.2) is 40.6 Å². The van der Waals surface area contributed by atoms with Gasteiger partial charge in [-0.25, -0.2) is 0 Å². The minimum Gasteiger partial charge on any atom is -0.457 e. The first kappa shape index (κ1) is 15.5. The summed E-state index contributed by atoms with van der Waals surface area (Å²) in [4.78, 5) is 18.4. The molecule has 0 saturated carbocycles. The maximum atomic E-state index is 12.6. The van der Waals surface area contributed by atoms with Crippen molar-refractivity contribution < 1.29 is 14.6 Å². The molecule has 1 atom stereocenters. The molecule has 1 aliphatic rings. The van der Waals surface area contributed by atoms with Gasteiger partial charge >= 0.3 is 0 Å². The zero-order valence-corrected chi connectivity index (χ0v) is 12.9. The number of carbonyl (C=O) groups excluding carboxylic acids is 1.